The van der Waals surface area contributed by atoms with Gasteiger partial charge in [0.25, 0.3) is 0 Å². The molecule has 0 saturated heterocycles. The maximum absolute atomic E-state index is 13.6. The number of hydrogen-bond donors (Lipinski definition) is 1. The topological polar surface area (TPSA) is 105 Å². The van der Waals surface area contributed by atoms with Crippen LogP contribution >= 0.6 is 0 Å². The number of carbonyl (C=O) groups is 2. The van der Waals surface area contributed by atoms with Crippen molar-refractivity contribution in [2.75, 3.05) is 30.4 Å². The van der Waals surface area contributed by atoms with Crippen LogP contribution in [0, 0.1) is 6.92 Å². The smallest absolute Gasteiger partial charge is 0.244 e. The quantitative estimate of drug-likeness (QED) is 0.473. The Morgan fingerprint density at radius 1 is 1.11 bits per heavy atom. The summed E-state index contributed by atoms with van der Waals surface area (Å²) in [6, 6.07) is 11.5. The number of unbranched alkanes of at least 4 members (excludes halogenated alkanes) is 1. The third-order valence-electron chi connectivity index (χ3n) is 5.92. The molecule has 1 atom stereocenters. The summed E-state index contributed by atoms with van der Waals surface area (Å²) in [7, 11) is -3.82. The highest BCUT2D eigenvalue weighted by Gasteiger charge is 2.31. The van der Waals surface area contributed by atoms with Crippen LogP contribution in [-0.2, 0) is 26.2 Å². The molecule has 0 saturated carbocycles. The lowest BCUT2D eigenvalue weighted by Gasteiger charge is -2.32. The fourth-order valence-corrected chi connectivity index (χ4v) is 4.59. The molecule has 10 heteroatoms. The molecule has 9 nitrogen and oxygen atoms in total. The van der Waals surface area contributed by atoms with Gasteiger partial charge in [-0.3, -0.25) is 13.9 Å². The van der Waals surface area contributed by atoms with Crippen molar-refractivity contribution >= 4 is 27.5 Å². The second-order valence-electron chi connectivity index (χ2n) is 8.58. The molecule has 0 radical (unpaired) electrons. The average Bonchev–Trinajstić information content (AvgIpc) is 3.28. The van der Waals surface area contributed by atoms with Gasteiger partial charge >= 0.3 is 0 Å². The van der Waals surface area contributed by atoms with Gasteiger partial charge in [0.2, 0.25) is 28.6 Å². The maximum Gasteiger partial charge on any atom is 0.244 e. The molecule has 0 bridgehead atoms. The van der Waals surface area contributed by atoms with Crippen molar-refractivity contribution in [1.29, 1.82) is 0 Å². The summed E-state index contributed by atoms with van der Waals surface area (Å²) in [5.41, 5.74) is 2.13. The van der Waals surface area contributed by atoms with Crippen LogP contribution in [0.5, 0.6) is 11.5 Å². The molecule has 0 aromatic heterocycles. The van der Waals surface area contributed by atoms with Gasteiger partial charge in [0.15, 0.2) is 11.5 Å². The summed E-state index contributed by atoms with van der Waals surface area (Å²) >= 11 is 0. The van der Waals surface area contributed by atoms with E-state index in [2.05, 4.69) is 5.32 Å². The van der Waals surface area contributed by atoms with Crippen molar-refractivity contribution in [3.63, 3.8) is 0 Å². The van der Waals surface area contributed by atoms with Crippen LogP contribution in [0.25, 0.3) is 0 Å². The zero-order chi connectivity index (χ0) is 25.6. The van der Waals surface area contributed by atoms with E-state index in [0.717, 1.165) is 34.5 Å². The zero-order valence-corrected chi connectivity index (χ0v) is 21.4. The minimum atomic E-state index is -3.82. The van der Waals surface area contributed by atoms with Crippen molar-refractivity contribution in [3.8, 4) is 11.5 Å². The summed E-state index contributed by atoms with van der Waals surface area (Å²) in [5, 5.41) is 2.87. The predicted octanol–water partition coefficient (Wildman–Crippen LogP) is 2.82. The number of sulfonamides is 1. The number of carbonyl (C=O) groups excluding carboxylic acids is 2. The monoisotopic (exact) mass is 503 g/mol. The Morgan fingerprint density at radius 2 is 1.83 bits per heavy atom. The van der Waals surface area contributed by atoms with Gasteiger partial charge < -0.3 is 19.7 Å². The molecule has 0 fully saturated rings. The van der Waals surface area contributed by atoms with E-state index in [-0.39, 0.29) is 24.9 Å². The van der Waals surface area contributed by atoms with E-state index in [4.69, 9.17) is 9.47 Å². The number of benzene rings is 2. The van der Waals surface area contributed by atoms with Crippen molar-refractivity contribution < 1.29 is 27.5 Å². The second-order valence-corrected chi connectivity index (χ2v) is 10.5. The fraction of sp³-hybridized carbons (Fsp3) is 0.440. The van der Waals surface area contributed by atoms with Crippen LogP contribution < -0.4 is 19.1 Å². The lowest BCUT2D eigenvalue weighted by molar-refractivity contribution is -0.139. The SMILES string of the molecule is CCCCNC(=O)[C@H](C)N(Cc1ccccc1C)C(=O)CN(c1ccc2c(c1)OCO2)S(C)(=O)=O. The lowest BCUT2D eigenvalue weighted by Crippen LogP contribution is -2.51. The van der Waals surface area contributed by atoms with Gasteiger partial charge in [-0.25, -0.2) is 8.42 Å². The average molecular weight is 504 g/mol. The molecule has 3 rings (SSSR count). The molecule has 35 heavy (non-hydrogen) atoms. The summed E-state index contributed by atoms with van der Waals surface area (Å²) in [5.74, 6) is 0.139. The largest absolute Gasteiger partial charge is 0.454 e. The van der Waals surface area contributed by atoms with E-state index in [0.29, 0.717) is 18.0 Å². The first-order valence-corrected chi connectivity index (χ1v) is 13.5. The summed E-state index contributed by atoms with van der Waals surface area (Å²) in [6.07, 6.45) is 2.80. The minimum Gasteiger partial charge on any atom is -0.454 e. The van der Waals surface area contributed by atoms with E-state index in [1.807, 2.05) is 38.1 Å². The minimum absolute atomic E-state index is 0.0471. The van der Waals surface area contributed by atoms with Crippen LogP contribution in [0.1, 0.15) is 37.8 Å². The third kappa shape index (κ3) is 6.66. The lowest BCUT2D eigenvalue weighted by atomic mass is 10.1. The van der Waals surface area contributed by atoms with Crippen molar-refractivity contribution in [2.45, 2.75) is 46.2 Å². The van der Waals surface area contributed by atoms with E-state index < -0.39 is 28.5 Å². The van der Waals surface area contributed by atoms with Gasteiger partial charge in [-0.05, 0) is 43.5 Å². The van der Waals surface area contributed by atoms with E-state index >= 15 is 0 Å². The highest BCUT2D eigenvalue weighted by molar-refractivity contribution is 7.92. The molecule has 1 N–H and O–H groups in total. The van der Waals surface area contributed by atoms with E-state index in [1.165, 1.54) is 11.0 Å². The summed E-state index contributed by atoms with van der Waals surface area (Å²) in [6.45, 7) is 5.88. The number of amides is 2. The molecular weight excluding hydrogens is 470 g/mol. The van der Waals surface area contributed by atoms with Crippen molar-refractivity contribution in [2.24, 2.45) is 0 Å². The predicted molar refractivity (Wildman–Crippen MR) is 134 cm³/mol. The van der Waals surface area contributed by atoms with Crippen LogP contribution in [0.3, 0.4) is 0 Å². The Balaban J connectivity index is 1.89. The Kier molecular flexibility index (Phi) is 8.61. The summed E-state index contributed by atoms with van der Waals surface area (Å²) in [4.78, 5) is 27.9. The number of hydrogen-bond acceptors (Lipinski definition) is 6. The molecule has 2 aromatic carbocycles. The Labute approximate surface area is 207 Å². The Bertz CT molecular complexity index is 1170. The number of anilines is 1. The van der Waals surface area contributed by atoms with Gasteiger partial charge in [-0.15, -0.1) is 0 Å². The van der Waals surface area contributed by atoms with Gasteiger partial charge in [0, 0.05) is 19.2 Å². The zero-order valence-electron chi connectivity index (χ0n) is 20.6. The Morgan fingerprint density at radius 3 is 2.51 bits per heavy atom. The highest BCUT2D eigenvalue weighted by atomic mass is 32.2. The third-order valence-corrected chi connectivity index (χ3v) is 7.06. The number of rotatable bonds is 11. The first kappa shape index (κ1) is 26.3. The van der Waals surface area contributed by atoms with Crippen molar-refractivity contribution in [3.05, 3.63) is 53.6 Å². The van der Waals surface area contributed by atoms with Gasteiger partial charge in [-0.1, -0.05) is 37.6 Å². The molecule has 1 aliphatic rings. The Hall–Kier alpha value is -3.27. The van der Waals surface area contributed by atoms with Gasteiger partial charge in [-0.2, -0.15) is 0 Å². The van der Waals surface area contributed by atoms with Gasteiger partial charge in [0.1, 0.15) is 12.6 Å². The van der Waals surface area contributed by atoms with E-state index in [1.54, 1.807) is 19.1 Å². The van der Waals surface area contributed by atoms with Crippen molar-refractivity contribution in [1.82, 2.24) is 10.2 Å². The number of nitrogens with one attached hydrogen (secondary N) is 1. The van der Waals surface area contributed by atoms with Crippen LogP contribution in [-0.4, -0.2) is 57.3 Å². The molecule has 2 amide bonds. The first-order chi connectivity index (χ1) is 16.6. The molecule has 190 valence electrons. The second kappa shape index (κ2) is 11.4. The molecule has 1 aliphatic heterocycles. The van der Waals surface area contributed by atoms with Crippen LogP contribution in [0.15, 0.2) is 42.5 Å². The molecule has 2 aromatic rings. The first-order valence-electron chi connectivity index (χ1n) is 11.6. The van der Waals surface area contributed by atoms with Gasteiger partial charge in [0.05, 0.1) is 11.9 Å². The molecule has 0 aliphatic carbocycles. The highest BCUT2D eigenvalue weighted by Crippen LogP contribution is 2.36. The standard InChI is InChI=1S/C25H33N3O6S/c1-5-6-13-26-25(30)19(3)27(15-20-10-8-7-9-18(20)2)24(29)16-28(35(4,31)32)21-11-12-22-23(14-21)34-17-33-22/h7-12,14,19H,5-6,13,15-17H2,1-4H3,(H,26,30)/t19-/m0/s1. The molecular formula is C25H33N3O6S. The number of fused-ring (bicyclic) bond motifs is 1. The fourth-order valence-electron chi connectivity index (χ4n) is 3.74. The number of ether oxygens (including phenoxy) is 2. The maximum atomic E-state index is 13.6. The van der Waals surface area contributed by atoms with Crippen LogP contribution in [0.2, 0.25) is 0 Å². The molecule has 1 heterocycles. The van der Waals surface area contributed by atoms with E-state index in [9.17, 15) is 18.0 Å². The number of nitrogens with zero attached hydrogens (tertiary/aromatic N) is 2. The normalized spacial score (nSPS) is 13.3. The van der Waals surface area contributed by atoms with Crippen LogP contribution in [0.4, 0.5) is 5.69 Å². The summed E-state index contributed by atoms with van der Waals surface area (Å²) < 4.78 is 37.1. The number of aryl methyl sites for hydroxylation is 1. The molecule has 0 unspecified atom stereocenters. The molecule has 0 spiro atoms.